The number of guanidine groups is 1. The van der Waals surface area contributed by atoms with Crippen LogP contribution < -0.4 is 20.1 Å². The fraction of sp³-hybridized carbons (Fsp3) is 0.682. The Labute approximate surface area is 193 Å². The molecule has 1 aromatic rings. The second-order valence-corrected chi connectivity index (χ2v) is 7.50. The fourth-order valence-corrected chi connectivity index (χ4v) is 3.47. The van der Waals surface area contributed by atoms with Crippen molar-refractivity contribution >= 4 is 29.9 Å². The Balaban J connectivity index is 0.00000420. The summed E-state index contributed by atoms with van der Waals surface area (Å²) in [6.45, 7) is 10.7. The number of hydrogen-bond donors (Lipinski definition) is 2. The normalized spacial score (nSPS) is 15.5. The number of methoxy groups -OCH3 is 2. The highest BCUT2D eigenvalue weighted by molar-refractivity contribution is 14.0. The lowest BCUT2D eigenvalue weighted by atomic mass is 9.99. The molecular weight excluding hydrogens is 479 g/mol. The SMILES string of the molecule is CCNC(=NCCCN1CCC(C)CC1)NCCc1ccc(OC)c(OC)c1.I. The van der Waals surface area contributed by atoms with E-state index in [0.717, 1.165) is 62.4 Å². The van der Waals surface area contributed by atoms with Crippen molar-refractivity contribution in [2.24, 2.45) is 10.9 Å². The Morgan fingerprint density at radius 3 is 2.52 bits per heavy atom. The summed E-state index contributed by atoms with van der Waals surface area (Å²) >= 11 is 0. The quantitative estimate of drug-likeness (QED) is 0.215. The van der Waals surface area contributed by atoms with Gasteiger partial charge in [0.25, 0.3) is 0 Å². The Kier molecular flexibility index (Phi) is 13.1. The van der Waals surface area contributed by atoms with Gasteiger partial charge in [0.2, 0.25) is 0 Å². The lowest BCUT2D eigenvalue weighted by Gasteiger charge is -2.29. The maximum Gasteiger partial charge on any atom is 0.191 e. The lowest BCUT2D eigenvalue weighted by molar-refractivity contribution is 0.192. The van der Waals surface area contributed by atoms with E-state index in [2.05, 4.69) is 35.4 Å². The van der Waals surface area contributed by atoms with Crippen molar-refractivity contribution in [1.29, 1.82) is 0 Å². The van der Waals surface area contributed by atoms with Gasteiger partial charge in [0.1, 0.15) is 0 Å². The standard InChI is InChI=1S/C22H38N4O2.HI/c1-5-23-22(24-12-6-14-26-15-10-18(2)11-16-26)25-13-9-19-7-8-20(27-3)21(17-19)28-4;/h7-8,17-18H,5-6,9-16H2,1-4H3,(H2,23,24,25);1H. The zero-order chi connectivity index (χ0) is 20.2. The molecular formula is C22H39IN4O2. The summed E-state index contributed by atoms with van der Waals surface area (Å²) in [5.74, 6) is 3.32. The Hall–Kier alpha value is -1.22. The minimum atomic E-state index is 0. The highest BCUT2D eigenvalue weighted by Crippen LogP contribution is 2.27. The second kappa shape index (κ2) is 14.7. The van der Waals surface area contributed by atoms with E-state index in [1.54, 1.807) is 14.2 Å². The van der Waals surface area contributed by atoms with Gasteiger partial charge in [0.15, 0.2) is 17.5 Å². The molecule has 0 radical (unpaired) electrons. The van der Waals surface area contributed by atoms with Crippen LogP contribution in [0.4, 0.5) is 0 Å². The van der Waals surface area contributed by atoms with E-state index < -0.39 is 0 Å². The maximum atomic E-state index is 5.38. The van der Waals surface area contributed by atoms with Crippen molar-refractivity contribution in [1.82, 2.24) is 15.5 Å². The van der Waals surface area contributed by atoms with Crippen LogP contribution in [0.25, 0.3) is 0 Å². The summed E-state index contributed by atoms with van der Waals surface area (Å²) in [5, 5.41) is 6.77. The van der Waals surface area contributed by atoms with Gasteiger partial charge in [0.05, 0.1) is 14.2 Å². The number of piperidine rings is 1. The first kappa shape index (κ1) is 25.8. The van der Waals surface area contributed by atoms with E-state index in [9.17, 15) is 0 Å². The fourth-order valence-electron chi connectivity index (χ4n) is 3.47. The van der Waals surface area contributed by atoms with Crippen LogP contribution in [0.3, 0.4) is 0 Å². The van der Waals surface area contributed by atoms with E-state index in [4.69, 9.17) is 14.5 Å². The van der Waals surface area contributed by atoms with Crippen molar-refractivity contribution in [3.05, 3.63) is 23.8 Å². The minimum absolute atomic E-state index is 0. The summed E-state index contributed by atoms with van der Waals surface area (Å²) in [7, 11) is 3.32. The van der Waals surface area contributed by atoms with Gasteiger partial charge in [-0.2, -0.15) is 0 Å². The van der Waals surface area contributed by atoms with Crippen LogP contribution in [-0.2, 0) is 6.42 Å². The number of rotatable bonds is 10. The lowest BCUT2D eigenvalue weighted by Crippen LogP contribution is -2.38. The van der Waals surface area contributed by atoms with Gasteiger partial charge >= 0.3 is 0 Å². The van der Waals surface area contributed by atoms with Gasteiger partial charge in [-0.05, 0) is 75.9 Å². The molecule has 0 amide bonds. The molecule has 0 unspecified atom stereocenters. The van der Waals surface area contributed by atoms with Gasteiger partial charge in [0, 0.05) is 19.6 Å². The molecule has 1 aliphatic heterocycles. The number of nitrogens with one attached hydrogen (secondary N) is 2. The van der Waals surface area contributed by atoms with Crippen molar-refractivity contribution in [2.45, 2.75) is 39.5 Å². The molecule has 2 rings (SSSR count). The van der Waals surface area contributed by atoms with E-state index in [0.29, 0.717) is 0 Å². The first-order valence-corrected chi connectivity index (χ1v) is 10.6. The average Bonchev–Trinajstić information content (AvgIpc) is 2.72. The number of aliphatic imine (C=N–C) groups is 1. The van der Waals surface area contributed by atoms with Gasteiger partial charge in [-0.1, -0.05) is 13.0 Å². The molecule has 0 saturated carbocycles. The highest BCUT2D eigenvalue weighted by Gasteiger charge is 2.14. The molecule has 0 bridgehead atoms. The summed E-state index contributed by atoms with van der Waals surface area (Å²) in [4.78, 5) is 7.30. The molecule has 1 saturated heterocycles. The van der Waals surface area contributed by atoms with Gasteiger partial charge in [-0.3, -0.25) is 4.99 Å². The number of ether oxygens (including phenoxy) is 2. The smallest absolute Gasteiger partial charge is 0.191 e. The summed E-state index contributed by atoms with van der Waals surface area (Å²) in [6, 6.07) is 6.06. The number of halogens is 1. The monoisotopic (exact) mass is 518 g/mol. The topological polar surface area (TPSA) is 58.1 Å². The molecule has 7 heteroatoms. The van der Waals surface area contributed by atoms with Crippen LogP contribution in [-0.4, -0.2) is 64.3 Å². The van der Waals surface area contributed by atoms with Crippen LogP contribution in [0, 0.1) is 5.92 Å². The van der Waals surface area contributed by atoms with Gasteiger partial charge in [-0.15, -0.1) is 24.0 Å². The number of hydrogen-bond acceptors (Lipinski definition) is 4. The van der Waals surface area contributed by atoms with E-state index in [1.165, 1.54) is 31.5 Å². The minimum Gasteiger partial charge on any atom is -0.493 e. The van der Waals surface area contributed by atoms with E-state index >= 15 is 0 Å². The molecule has 2 N–H and O–H groups in total. The van der Waals surface area contributed by atoms with Crippen molar-refractivity contribution in [2.75, 3.05) is 53.5 Å². The Morgan fingerprint density at radius 1 is 1.14 bits per heavy atom. The van der Waals surface area contributed by atoms with E-state index in [-0.39, 0.29) is 24.0 Å². The molecule has 0 aromatic heterocycles. The first-order chi connectivity index (χ1) is 13.7. The second-order valence-electron chi connectivity index (χ2n) is 7.50. The van der Waals surface area contributed by atoms with Gasteiger partial charge in [-0.25, -0.2) is 0 Å². The molecule has 1 aliphatic rings. The van der Waals surface area contributed by atoms with Crippen molar-refractivity contribution < 1.29 is 9.47 Å². The molecule has 166 valence electrons. The van der Waals surface area contributed by atoms with Crippen LogP contribution in [0.15, 0.2) is 23.2 Å². The third kappa shape index (κ3) is 9.42. The van der Waals surface area contributed by atoms with Crippen molar-refractivity contribution in [3.8, 4) is 11.5 Å². The molecule has 29 heavy (non-hydrogen) atoms. The Bertz CT molecular complexity index is 604. The predicted molar refractivity (Wildman–Crippen MR) is 132 cm³/mol. The zero-order valence-corrected chi connectivity index (χ0v) is 20.8. The van der Waals surface area contributed by atoms with Gasteiger partial charge < -0.3 is 25.0 Å². The maximum absolute atomic E-state index is 5.38. The summed E-state index contributed by atoms with van der Waals surface area (Å²) in [5.41, 5.74) is 1.21. The largest absolute Gasteiger partial charge is 0.493 e. The number of nitrogens with zero attached hydrogens (tertiary/aromatic N) is 2. The summed E-state index contributed by atoms with van der Waals surface area (Å²) < 4.78 is 10.7. The zero-order valence-electron chi connectivity index (χ0n) is 18.5. The predicted octanol–water partition coefficient (Wildman–Crippen LogP) is 3.54. The van der Waals surface area contributed by atoms with E-state index in [1.807, 2.05) is 12.1 Å². The Morgan fingerprint density at radius 2 is 1.86 bits per heavy atom. The number of likely N-dealkylation sites (tertiary alicyclic amines) is 1. The van der Waals surface area contributed by atoms with Crippen LogP contribution in [0.1, 0.15) is 38.7 Å². The van der Waals surface area contributed by atoms with Crippen molar-refractivity contribution in [3.63, 3.8) is 0 Å². The van der Waals surface area contributed by atoms with Crippen LogP contribution in [0.2, 0.25) is 0 Å². The molecule has 1 aromatic carbocycles. The number of benzene rings is 1. The average molecular weight is 518 g/mol. The first-order valence-electron chi connectivity index (χ1n) is 10.6. The third-order valence-corrected chi connectivity index (χ3v) is 5.28. The summed E-state index contributed by atoms with van der Waals surface area (Å²) in [6.07, 6.45) is 4.69. The van der Waals surface area contributed by atoms with Crippen LogP contribution >= 0.6 is 24.0 Å². The molecule has 0 aliphatic carbocycles. The molecule has 6 nitrogen and oxygen atoms in total. The highest BCUT2D eigenvalue weighted by atomic mass is 127. The molecule has 1 heterocycles. The molecule has 0 atom stereocenters. The van der Waals surface area contributed by atoms with Crippen LogP contribution in [0.5, 0.6) is 11.5 Å². The molecule has 0 spiro atoms. The third-order valence-electron chi connectivity index (χ3n) is 5.28. The molecule has 1 fully saturated rings.